The molecular formula is C23H22ClN5O3. The third-order valence-corrected chi connectivity index (χ3v) is 5.54. The van der Waals surface area contributed by atoms with Gasteiger partial charge in [-0.25, -0.2) is 4.98 Å². The van der Waals surface area contributed by atoms with Gasteiger partial charge in [0.1, 0.15) is 5.65 Å². The van der Waals surface area contributed by atoms with Crippen LogP contribution in [-0.2, 0) is 11.3 Å². The van der Waals surface area contributed by atoms with E-state index >= 15 is 0 Å². The molecule has 0 atom stereocenters. The summed E-state index contributed by atoms with van der Waals surface area (Å²) in [5.74, 6) is 0.418. The number of fused-ring (bicyclic) bond motifs is 1. The molecule has 0 radical (unpaired) electrons. The van der Waals surface area contributed by atoms with Gasteiger partial charge >= 0.3 is 0 Å². The Morgan fingerprint density at radius 2 is 1.94 bits per heavy atom. The van der Waals surface area contributed by atoms with Gasteiger partial charge in [-0.05, 0) is 31.2 Å². The summed E-state index contributed by atoms with van der Waals surface area (Å²) in [6.07, 6.45) is 3.35. The van der Waals surface area contributed by atoms with E-state index in [2.05, 4.69) is 15.3 Å². The summed E-state index contributed by atoms with van der Waals surface area (Å²) in [4.78, 5) is 34.6. The lowest BCUT2D eigenvalue weighted by atomic mass is 10.1. The fourth-order valence-corrected chi connectivity index (χ4v) is 3.82. The van der Waals surface area contributed by atoms with Gasteiger partial charge in [0.2, 0.25) is 5.95 Å². The van der Waals surface area contributed by atoms with E-state index in [1.54, 1.807) is 74.4 Å². The zero-order valence-electron chi connectivity index (χ0n) is 17.9. The maximum atomic E-state index is 13.4. The molecule has 0 aliphatic rings. The summed E-state index contributed by atoms with van der Waals surface area (Å²) in [5, 5.41) is 3.95. The van der Waals surface area contributed by atoms with Gasteiger partial charge in [0.25, 0.3) is 11.1 Å². The van der Waals surface area contributed by atoms with Crippen molar-refractivity contribution in [1.82, 2.24) is 19.1 Å². The molecule has 0 amide bonds. The minimum atomic E-state index is -0.238. The van der Waals surface area contributed by atoms with Crippen LogP contribution in [0.25, 0.3) is 27.8 Å². The van der Waals surface area contributed by atoms with Gasteiger partial charge in [0.05, 0.1) is 23.9 Å². The van der Waals surface area contributed by atoms with E-state index < -0.39 is 0 Å². The van der Waals surface area contributed by atoms with Gasteiger partial charge in [-0.15, -0.1) is 0 Å². The molecule has 0 aliphatic carbocycles. The van der Waals surface area contributed by atoms with Crippen molar-refractivity contribution in [3.63, 3.8) is 0 Å². The van der Waals surface area contributed by atoms with Crippen LogP contribution in [0.2, 0.25) is 5.02 Å². The smallest absolute Gasteiger partial charge is 0.260 e. The van der Waals surface area contributed by atoms with Crippen LogP contribution in [0.4, 0.5) is 5.95 Å². The molecule has 4 rings (SSSR count). The van der Waals surface area contributed by atoms with Crippen molar-refractivity contribution in [3.05, 3.63) is 80.1 Å². The van der Waals surface area contributed by atoms with Gasteiger partial charge in [0.15, 0.2) is 0 Å². The number of aryl methyl sites for hydroxylation is 1. The molecule has 0 unspecified atom stereocenters. The molecule has 32 heavy (non-hydrogen) atoms. The van der Waals surface area contributed by atoms with E-state index in [-0.39, 0.29) is 11.1 Å². The molecule has 9 heteroatoms. The molecule has 0 aliphatic heterocycles. The molecule has 164 valence electrons. The number of halogens is 1. The van der Waals surface area contributed by atoms with Crippen LogP contribution >= 0.6 is 11.6 Å². The van der Waals surface area contributed by atoms with E-state index in [9.17, 15) is 9.59 Å². The maximum Gasteiger partial charge on any atom is 0.260 e. The number of nitrogens with zero attached hydrogens (tertiary/aromatic N) is 4. The van der Waals surface area contributed by atoms with Crippen molar-refractivity contribution < 1.29 is 4.74 Å². The van der Waals surface area contributed by atoms with Crippen molar-refractivity contribution in [1.29, 1.82) is 0 Å². The first-order valence-electron chi connectivity index (χ1n) is 10.0. The van der Waals surface area contributed by atoms with E-state index in [0.717, 1.165) is 0 Å². The van der Waals surface area contributed by atoms with E-state index in [4.69, 9.17) is 16.3 Å². The number of rotatable bonds is 6. The highest BCUT2D eigenvalue weighted by atomic mass is 35.5. The standard InChI is InChI=1S/C23H22ClN5O3/c1-14-5-4-8-28(21(14)30)16-6-7-17(19(24)12-16)18-11-15-13-26-23(25-2)27-20(15)29(22(18)31)9-10-32-3/h4-8,11-13H,9-10H2,1-3H3,(H,25,26,27). The average Bonchev–Trinajstić information content (AvgIpc) is 2.80. The predicted octanol–water partition coefficient (Wildman–Crippen LogP) is 3.26. The van der Waals surface area contributed by atoms with Crippen molar-refractivity contribution in [3.8, 4) is 16.8 Å². The normalized spacial score (nSPS) is 11.1. The van der Waals surface area contributed by atoms with Gasteiger partial charge < -0.3 is 10.1 Å². The third kappa shape index (κ3) is 3.90. The summed E-state index contributed by atoms with van der Waals surface area (Å²) in [5.41, 5.74) is 2.38. The first-order chi connectivity index (χ1) is 15.4. The fourth-order valence-electron chi connectivity index (χ4n) is 3.54. The maximum absolute atomic E-state index is 13.4. The Labute approximate surface area is 189 Å². The second-order valence-corrected chi connectivity index (χ2v) is 7.67. The Hall–Kier alpha value is -3.49. The molecule has 0 saturated carbocycles. The second-order valence-electron chi connectivity index (χ2n) is 7.26. The quantitative estimate of drug-likeness (QED) is 0.484. The van der Waals surface area contributed by atoms with Crippen molar-refractivity contribution >= 4 is 28.6 Å². The number of methoxy groups -OCH3 is 1. The number of anilines is 1. The zero-order chi connectivity index (χ0) is 22.8. The number of benzene rings is 1. The minimum absolute atomic E-state index is 0.124. The molecule has 8 nitrogen and oxygen atoms in total. The van der Waals surface area contributed by atoms with Gasteiger partial charge in [0, 0.05) is 48.6 Å². The van der Waals surface area contributed by atoms with Crippen LogP contribution in [0.5, 0.6) is 0 Å². The van der Waals surface area contributed by atoms with Crippen LogP contribution in [0.15, 0.2) is 58.4 Å². The van der Waals surface area contributed by atoms with Crippen LogP contribution in [0.1, 0.15) is 5.56 Å². The number of aromatic nitrogens is 4. The minimum Gasteiger partial charge on any atom is -0.383 e. The Bertz CT molecular complexity index is 1430. The van der Waals surface area contributed by atoms with Gasteiger partial charge in [-0.3, -0.25) is 18.7 Å². The SMILES string of the molecule is CNc1ncc2cc(-c3ccc(-n4cccc(C)c4=O)cc3Cl)c(=O)n(CCOC)c2n1. The first-order valence-corrected chi connectivity index (χ1v) is 10.4. The van der Waals surface area contributed by atoms with E-state index in [0.29, 0.717) is 57.5 Å². The zero-order valence-corrected chi connectivity index (χ0v) is 18.7. The largest absolute Gasteiger partial charge is 0.383 e. The van der Waals surface area contributed by atoms with Crippen molar-refractivity contribution in [2.24, 2.45) is 0 Å². The molecular weight excluding hydrogens is 430 g/mol. The van der Waals surface area contributed by atoms with Gasteiger partial charge in [-0.2, -0.15) is 4.98 Å². The molecule has 3 heterocycles. The second kappa shape index (κ2) is 8.94. The van der Waals surface area contributed by atoms with Gasteiger partial charge in [-0.1, -0.05) is 23.7 Å². The molecule has 1 aromatic carbocycles. The van der Waals surface area contributed by atoms with Crippen LogP contribution in [0.3, 0.4) is 0 Å². The lowest BCUT2D eigenvalue weighted by Gasteiger charge is -2.14. The fraction of sp³-hybridized carbons (Fsp3) is 0.217. The summed E-state index contributed by atoms with van der Waals surface area (Å²) < 4.78 is 8.27. The summed E-state index contributed by atoms with van der Waals surface area (Å²) >= 11 is 6.60. The lowest BCUT2D eigenvalue weighted by Crippen LogP contribution is -2.25. The number of hydrogen-bond acceptors (Lipinski definition) is 6. The topological polar surface area (TPSA) is 91.0 Å². The van der Waals surface area contributed by atoms with Crippen LogP contribution < -0.4 is 16.4 Å². The molecule has 0 spiro atoms. The highest BCUT2D eigenvalue weighted by Crippen LogP contribution is 2.29. The number of ether oxygens (including phenoxy) is 1. The average molecular weight is 452 g/mol. The Balaban J connectivity index is 1.89. The predicted molar refractivity (Wildman–Crippen MR) is 126 cm³/mol. The molecule has 0 fully saturated rings. The summed E-state index contributed by atoms with van der Waals surface area (Å²) in [6.45, 7) is 2.43. The molecule has 0 saturated heterocycles. The van der Waals surface area contributed by atoms with E-state index in [1.165, 1.54) is 4.57 Å². The molecule has 1 N–H and O–H groups in total. The lowest BCUT2D eigenvalue weighted by molar-refractivity contribution is 0.187. The van der Waals surface area contributed by atoms with Crippen LogP contribution in [-0.4, -0.2) is 39.9 Å². The Morgan fingerprint density at radius 3 is 2.66 bits per heavy atom. The van der Waals surface area contributed by atoms with Crippen molar-refractivity contribution in [2.45, 2.75) is 13.5 Å². The summed E-state index contributed by atoms with van der Waals surface area (Å²) in [7, 11) is 3.29. The highest BCUT2D eigenvalue weighted by molar-refractivity contribution is 6.33. The molecule has 3 aromatic heterocycles. The monoisotopic (exact) mass is 451 g/mol. The molecule has 0 bridgehead atoms. The number of nitrogens with one attached hydrogen (secondary N) is 1. The number of hydrogen-bond donors (Lipinski definition) is 1. The molecule has 4 aromatic rings. The third-order valence-electron chi connectivity index (χ3n) is 5.23. The highest BCUT2D eigenvalue weighted by Gasteiger charge is 2.16. The van der Waals surface area contributed by atoms with E-state index in [1.807, 2.05) is 0 Å². The van der Waals surface area contributed by atoms with Crippen molar-refractivity contribution in [2.75, 3.05) is 26.1 Å². The van der Waals surface area contributed by atoms with Crippen LogP contribution in [0, 0.1) is 6.92 Å². The Kier molecular flexibility index (Phi) is 6.07. The number of pyridine rings is 2. The Morgan fingerprint density at radius 1 is 1.12 bits per heavy atom. The summed E-state index contributed by atoms with van der Waals surface area (Å²) in [6, 6.07) is 10.5. The first kappa shape index (κ1) is 21.7.